The summed E-state index contributed by atoms with van der Waals surface area (Å²) in [5.74, 6) is -3.15. The van der Waals surface area contributed by atoms with Gasteiger partial charge in [0.15, 0.2) is 0 Å². The average Bonchev–Trinajstić information content (AvgIpc) is 2.38. The second-order valence-corrected chi connectivity index (χ2v) is 22.0. The van der Waals surface area contributed by atoms with E-state index >= 15 is 0 Å². The molecule has 452 valence electrons. The number of carbonyl (C=O) groups excluding carboxylic acids is 2. The van der Waals surface area contributed by atoms with Crippen molar-refractivity contribution in [1.29, 1.82) is 0 Å². The maximum absolute atomic E-state index is 14.2. The molecular weight excluding hydrogens is 1160 g/mol. The van der Waals surface area contributed by atoms with Gasteiger partial charge in [0.2, 0.25) is 11.8 Å². The van der Waals surface area contributed by atoms with Crippen LogP contribution in [0.1, 0.15) is 111 Å². The van der Waals surface area contributed by atoms with E-state index in [1.165, 1.54) is 46.2 Å². The molecule has 0 unspecified atom stereocenters. The van der Waals surface area contributed by atoms with Gasteiger partial charge in [-0.2, -0.15) is 52.7 Å². The predicted molar refractivity (Wildman–Crippen MR) is 285 cm³/mol. The number of amides is 2. The van der Waals surface area contributed by atoms with Gasteiger partial charge in [0.05, 0.1) is 59.5 Å². The molecule has 4 fully saturated rings. The van der Waals surface area contributed by atoms with Gasteiger partial charge in [0.1, 0.15) is 11.5 Å². The van der Waals surface area contributed by atoms with Crippen molar-refractivity contribution in [2.45, 2.75) is 135 Å². The number of hydrogen-bond acceptors (Lipinski definition) is 9. The van der Waals surface area contributed by atoms with E-state index in [2.05, 4.69) is 0 Å². The van der Waals surface area contributed by atoms with Crippen LogP contribution in [0.5, 0.6) is 11.5 Å². The molecule has 2 aliphatic carbocycles. The molecule has 0 atom stereocenters. The van der Waals surface area contributed by atoms with Gasteiger partial charge in [-0.15, -0.1) is 0 Å². The third-order valence-electron chi connectivity index (χ3n) is 14.1. The molecule has 2 heterocycles. The molecule has 4 aromatic carbocycles. The summed E-state index contributed by atoms with van der Waals surface area (Å²) in [5, 5.41) is 18.3. The molecule has 2 saturated heterocycles. The molecule has 25 heteroatoms. The quantitative estimate of drug-likeness (QED) is 0.0920. The van der Waals surface area contributed by atoms with Crippen molar-refractivity contribution in [3.05, 3.63) is 118 Å². The molecular formula is C58H60F12N2O9S2. The number of ether oxygens (including phenoxy) is 3. The number of nitrogens with zero attached hydrogens (tertiary/aromatic N) is 2. The van der Waals surface area contributed by atoms with E-state index in [4.69, 9.17) is 24.4 Å². The molecule has 0 radical (unpaired) electrons. The molecule has 83 heavy (non-hydrogen) atoms. The van der Waals surface area contributed by atoms with Crippen molar-refractivity contribution >= 4 is 59.4 Å². The summed E-state index contributed by atoms with van der Waals surface area (Å²) in [6.45, 7) is 1.87. The van der Waals surface area contributed by atoms with Crippen LogP contribution in [-0.2, 0) is 48.6 Å². The van der Waals surface area contributed by atoms with Crippen molar-refractivity contribution in [2.24, 2.45) is 11.8 Å². The lowest BCUT2D eigenvalue weighted by Crippen LogP contribution is -2.39. The Morgan fingerprint density at radius 2 is 0.855 bits per heavy atom. The van der Waals surface area contributed by atoms with E-state index in [-0.39, 0.29) is 55.7 Å². The first kappa shape index (κ1) is 65.8. The lowest BCUT2D eigenvalue weighted by Gasteiger charge is -2.27. The van der Waals surface area contributed by atoms with Crippen LogP contribution in [0.3, 0.4) is 0 Å². The van der Waals surface area contributed by atoms with Crippen LogP contribution >= 0.6 is 23.5 Å². The van der Waals surface area contributed by atoms with Crippen molar-refractivity contribution < 1.29 is 96.3 Å². The smallest absolute Gasteiger partial charge is 0.418 e. The largest absolute Gasteiger partial charge is 0.490 e. The lowest BCUT2D eigenvalue weighted by atomic mass is 9.87. The maximum atomic E-state index is 14.2. The number of benzene rings is 4. The minimum Gasteiger partial charge on any atom is -0.490 e. The van der Waals surface area contributed by atoms with Crippen LogP contribution in [0, 0.1) is 11.8 Å². The fraction of sp³-hybridized carbons (Fsp3) is 0.448. The normalized spacial score (nSPS) is 20.0. The zero-order chi connectivity index (χ0) is 59.6. The summed E-state index contributed by atoms with van der Waals surface area (Å²) in [6, 6.07) is 15.9. The first-order chi connectivity index (χ1) is 38.6. The van der Waals surface area contributed by atoms with Crippen LogP contribution in [0.15, 0.2) is 105 Å². The Morgan fingerprint density at radius 3 is 1.20 bits per heavy atom. The molecule has 0 spiro atoms. The van der Waals surface area contributed by atoms with Crippen LogP contribution < -0.4 is 9.47 Å². The van der Waals surface area contributed by atoms with E-state index in [0.717, 1.165) is 67.8 Å². The Kier molecular flexibility index (Phi) is 22.6. The molecule has 2 aliphatic heterocycles. The summed E-state index contributed by atoms with van der Waals surface area (Å²) in [6.07, 6.45) is -12.4. The topological polar surface area (TPSA) is 143 Å². The number of carboxylic acid groups (broad SMARTS) is 2. The number of piperidine rings is 1. The van der Waals surface area contributed by atoms with Gasteiger partial charge < -0.3 is 34.2 Å². The van der Waals surface area contributed by atoms with Gasteiger partial charge in [-0.25, -0.2) is 0 Å². The Morgan fingerprint density at radius 1 is 0.494 bits per heavy atom. The Bertz CT molecular complexity index is 2760. The van der Waals surface area contributed by atoms with Gasteiger partial charge in [0.25, 0.3) is 0 Å². The van der Waals surface area contributed by atoms with Gasteiger partial charge in [-0.3, -0.25) is 19.2 Å². The second kappa shape index (κ2) is 28.5. The molecule has 4 aliphatic rings. The monoisotopic (exact) mass is 1220 g/mol. The van der Waals surface area contributed by atoms with Crippen LogP contribution in [0.25, 0.3) is 12.2 Å². The van der Waals surface area contributed by atoms with Crippen molar-refractivity contribution in [1.82, 2.24) is 9.80 Å². The van der Waals surface area contributed by atoms with Crippen LogP contribution in [0.2, 0.25) is 0 Å². The number of halogens is 12. The van der Waals surface area contributed by atoms with Gasteiger partial charge >= 0.3 is 36.6 Å². The first-order valence-electron chi connectivity index (χ1n) is 26.1. The Balaban J connectivity index is 0.000000263. The number of carbonyl (C=O) groups is 4. The first-order valence-corrected chi connectivity index (χ1v) is 27.8. The molecule has 2 N–H and O–H groups in total. The molecule has 0 aromatic heterocycles. The fourth-order valence-corrected chi connectivity index (χ4v) is 12.0. The number of carboxylic acids is 2. The third kappa shape index (κ3) is 18.3. The molecule has 0 bridgehead atoms. The standard InChI is InChI=1S/C29H29F6NO4S.C28H27F6NO5S.CH4/c30-28(31,32)25-18(10-14-24(37)36-15-2-1-3-16-36)9-13-23(26(25)29(33,34)35)41-22-6-4-5-21(17-22)40-20-11-7-19(8-12-20)27(38)39;29-27(30,31)24-17(7-11-23(36)35-12-14-39-15-13-35)6-10-22(25(24)28(32,33)34)41-21-3-1-2-20(16-21)40-19-8-4-18(5-9-19)26(37)38;/h4-6,9-10,13-14,17,19-20H,1-3,7-8,11-12,15-16H2,(H,38,39);1-3,6-7,10-11,16,18-19H,4-5,8-9,12-15H2,(H,37,38);1H4/b14-10+;11-7+;. The summed E-state index contributed by atoms with van der Waals surface area (Å²) in [4.78, 5) is 49.1. The predicted octanol–water partition coefficient (Wildman–Crippen LogP) is 15.3. The Labute approximate surface area is 479 Å². The van der Waals surface area contributed by atoms with E-state index in [1.807, 2.05) is 0 Å². The molecule has 8 rings (SSSR count). The molecule has 4 aromatic rings. The van der Waals surface area contributed by atoms with E-state index in [9.17, 15) is 71.9 Å². The minimum absolute atomic E-state index is 0. The highest BCUT2D eigenvalue weighted by Crippen LogP contribution is 2.50. The zero-order valence-corrected chi connectivity index (χ0v) is 45.2. The minimum atomic E-state index is -5.36. The van der Waals surface area contributed by atoms with Crippen molar-refractivity contribution in [2.75, 3.05) is 39.4 Å². The SMILES string of the molecule is C.O=C(O)C1CCC(Oc2cccc(Sc3ccc(/C=C/C(=O)N4CCCCC4)c(C(F)(F)F)c3C(F)(F)F)c2)CC1.O=C(O)C1CCC(Oc2cccc(Sc3ccc(/C=C/C(=O)N4CCOCC4)c(C(F)(F)F)c3C(F)(F)F)c2)CC1. The number of rotatable bonds is 14. The maximum Gasteiger partial charge on any atom is 0.418 e. The summed E-state index contributed by atoms with van der Waals surface area (Å²) < 4.78 is 187. The summed E-state index contributed by atoms with van der Waals surface area (Å²) in [5.41, 5.74) is -8.89. The van der Waals surface area contributed by atoms with Gasteiger partial charge in [-0.1, -0.05) is 55.2 Å². The Hall–Kier alpha value is -6.34. The second-order valence-electron chi connectivity index (χ2n) is 19.8. The van der Waals surface area contributed by atoms with Gasteiger partial charge in [0, 0.05) is 57.9 Å². The van der Waals surface area contributed by atoms with Crippen molar-refractivity contribution in [3.8, 4) is 11.5 Å². The molecule has 11 nitrogen and oxygen atoms in total. The molecule has 2 amide bonds. The van der Waals surface area contributed by atoms with Crippen LogP contribution in [-0.4, -0.2) is 95.4 Å². The number of likely N-dealkylation sites (tertiary alicyclic amines) is 1. The van der Waals surface area contributed by atoms with E-state index < -0.39 is 103 Å². The highest BCUT2D eigenvalue weighted by atomic mass is 32.2. The third-order valence-corrected chi connectivity index (χ3v) is 16.2. The number of morpholine rings is 1. The lowest BCUT2D eigenvalue weighted by molar-refractivity contribution is -0.163. The molecule has 2 saturated carbocycles. The van der Waals surface area contributed by atoms with Crippen LogP contribution in [0.4, 0.5) is 52.7 Å². The number of aliphatic carboxylic acids is 2. The van der Waals surface area contributed by atoms with E-state index in [1.54, 1.807) is 12.1 Å². The number of alkyl halides is 12. The van der Waals surface area contributed by atoms with Gasteiger partial charge in [-0.05, 0) is 142 Å². The summed E-state index contributed by atoms with van der Waals surface area (Å²) >= 11 is 1.05. The van der Waals surface area contributed by atoms with Crippen molar-refractivity contribution in [3.63, 3.8) is 0 Å². The number of hydrogen-bond donors (Lipinski definition) is 2. The highest BCUT2D eigenvalue weighted by molar-refractivity contribution is 7.99. The fourth-order valence-electron chi connectivity index (χ4n) is 9.97. The van der Waals surface area contributed by atoms with E-state index in [0.29, 0.717) is 99.5 Å². The average molecular weight is 1220 g/mol. The highest BCUT2D eigenvalue weighted by Gasteiger charge is 2.48. The summed E-state index contributed by atoms with van der Waals surface area (Å²) in [7, 11) is 0. The zero-order valence-electron chi connectivity index (χ0n) is 43.6.